The highest BCUT2D eigenvalue weighted by molar-refractivity contribution is 5.81. The Balaban J connectivity index is 1.88. The molecule has 0 radical (unpaired) electrons. The monoisotopic (exact) mass is 188 g/mol. The van der Waals surface area contributed by atoms with Gasteiger partial charge in [-0.3, -0.25) is 4.99 Å². The minimum absolute atomic E-state index is 0.0526. The van der Waals surface area contributed by atoms with Crippen molar-refractivity contribution in [2.75, 3.05) is 0 Å². The molecular weight excluding hydrogens is 176 g/mol. The van der Waals surface area contributed by atoms with Crippen LogP contribution >= 0.6 is 0 Å². The van der Waals surface area contributed by atoms with Gasteiger partial charge < -0.3 is 4.74 Å². The molecule has 0 atom stereocenters. The molecule has 1 aromatic rings. The largest absolute Gasteiger partial charge is 0.471 e. The number of hydrogen-bond acceptors (Lipinski definition) is 3. The van der Waals surface area contributed by atoms with E-state index >= 15 is 0 Å². The van der Waals surface area contributed by atoms with E-state index in [0.717, 1.165) is 31.0 Å². The van der Waals surface area contributed by atoms with E-state index in [4.69, 9.17) is 4.74 Å². The molecule has 0 N–H and O–H groups in total. The third-order valence-corrected chi connectivity index (χ3v) is 2.77. The van der Waals surface area contributed by atoms with Gasteiger partial charge in [0, 0.05) is 17.8 Å². The normalized spacial score (nSPS) is 20.6. The zero-order chi connectivity index (χ0) is 9.60. The Morgan fingerprint density at radius 1 is 1.36 bits per heavy atom. The number of fused-ring (bicyclic) bond motifs is 1. The molecule has 0 bridgehead atoms. The summed E-state index contributed by atoms with van der Waals surface area (Å²) in [5.74, 6) is 0.733. The Hall–Kier alpha value is -1.38. The highest BCUT2D eigenvalue weighted by Gasteiger charge is 2.40. The average molecular weight is 188 g/mol. The lowest BCUT2D eigenvalue weighted by Gasteiger charge is -2.11. The molecule has 14 heavy (non-hydrogen) atoms. The van der Waals surface area contributed by atoms with Crippen LogP contribution in [0.25, 0.3) is 0 Å². The molecule has 1 saturated carbocycles. The van der Waals surface area contributed by atoms with E-state index in [9.17, 15) is 0 Å². The lowest BCUT2D eigenvalue weighted by Crippen LogP contribution is -2.13. The standard InChI is InChI=1S/C11H12N2O/c1-11(4-5-11)14-10-3-2-8-6-12-7-9(8)13-10/h2-3,7H,4-6H2,1H3. The van der Waals surface area contributed by atoms with Gasteiger partial charge in [0.1, 0.15) is 5.60 Å². The minimum Gasteiger partial charge on any atom is -0.471 e. The average Bonchev–Trinajstić information content (AvgIpc) is 2.73. The third kappa shape index (κ3) is 1.29. The van der Waals surface area contributed by atoms with Crippen LogP contribution in [0, 0.1) is 0 Å². The summed E-state index contributed by atoms with van der Waals surface area (Å²) >= 11 is 0. The van der Waals surface area contributed by atoms with Gasteiger partial charge in [-0.15, -0.1) is 0 Å². The van der Waals surface area contributed by atoms with Crippen molar-refractivity contribution >= 4 is 6.21 Å². The minimum atomic E-state index is 0.0526. The number of hydrogen-bond donors (Lipinski definition) is 0. The molecule has 1 fully saturated rings. The molecule has 1 aromatic heterocycles. The van der Waals surface area contributed by atoms with Gasteiger partial charge in [0.05, 0.1) is 12.2 Å². The lowest BCUT2D eigenvalue weighted by molar-refractivity contribution is 0.191. The molecule has 0 spiro atoms. The summed E-state index contributed by atoms with van der Waals surface area (Å²) in [7, 11) is 0. The van der Waals surface area contributed by atoms with Crippen LogP contribution in [0.3, 0.4) is 0 Å². The molecule has 2 aliphatic rings. The van der Waals surface area contributed by atoms with E-state index < -0.39 is 0 Å². The molecule has 3 nitrogen and oxygen atoms in total. The number of rotatable bonds is 2. The topological polar surface area (TPSA) is 34.5 Å². The number of ether oxygens (including phenoxy) is 1. The Morgan fingerprint density at radius 2 is 2.21 bits per heavy atom. The predicted octanol–water partition coefficient (Wildman–Crippen LogP) is 1.95. The van der Waals surface area contributed by atoms with E-state index in [0.29, 0.717) is 0 Å². The number of aliphatic imine (C=N–C) groups is 1. The van der Waals surface area contributed by atoms with Crippen molar-refractivity contribution in [3.8, 4) is 5.88 Å². The molecule has 0 aromatic carbocycles. The SMILES string of the molecule is CC1(Oc2ccc3c(n2)C=NC3)CC1. The van der Waals surface area contributed by atoms with E-state index in [1.807, 2.05) is 12.3 Å². The fourth-order valence-corrected chi connectivity index (χ4v) is 1.55. The third-order valence-electron chi connectivity index (χ3n) is 2.77. The first-order chi connectivity index (χ1) is 6.75. The molecule has 0 amide bonds. The van der Waals surface area contributed by atoms with Crippen LogP contribution < -0.4 is 4.74 Å². The maximum absolute atomic E-state index is 5.77. The van der Waals surface area contributed by atoms with Crippen molar-refractivity contribution < 1.29 is 4.74 Å². The van der Waals surface area contributed by atoms with Gasteiger partial charge in [-0.25, -0.2) is 4.98 Å². The number of nitrogens with zero attached hydrogens (tertiary/aromatic N) is 2. The second-order valence-corrected chi connectivity index (χ2v) is 4.22. The highest BCUT2D eigenvalue weighted by Crippen LogP contribution is 2.39. The maximum Gasteiger partial charge on any atom is 0.214 e. The molecule has 1 aliphatic carbocycles. The van der Waals surface area contributed by atoms with Crippen LogP contribution in [-0.2, 0) is 6.54 Å². The van der Waals surface area contributed by atoms with Crippen molar-refractivity contribution in [1.82, 2.24) is 4.98 Å². The fourth-order valence-electron chi connectivity index (χ4n) is 1.55. The second-order valence-electron chi connectivity index (χ2n) is 4.22. The fraction of sp³-hybridized carbons (Fsp3) is 0.455. The first-order valence-electron chi connectivity index (χ1n) is 4.94. The summed E-state index contributed by atoms with van der Waals surface area (Å²) in [6.07, 6.45) is 4.09. The summed E-state index contributed by atoms with van der Waals surface area (Å²) < 4.78 is 5.77. The summed E-state index contributed by atoms with van der Waals surface area (Å²) in [5.41, 5.74) is 2.21. The van der Waals surface area contributed by atoms with Crippen molar-refractivity contribution in [2.24, 2.45) is 4.99 Å². The van der Waals surface area contributed by atoms with Crippen molar-refractivity contribution in [3.63, 3.8) is 0 Å². The van der Waals surface area contributed by atoms with Crippen LogP contribution in [0.2, 0.25) is 0 Å². The van der Waals surface area contributed by atoms with Gasteiger partial charge in [-0.05, 0) is 25.8 Å². The summed E-state index contributed by atoms with van der Waals surface area (Å²) in [6.45, 7) is 2.88. The Labute approximate surface area is 82.8 Å². The Morgan fingerprint density at radius 3 is 3.00 bits per heavy atom. The maximum atomic E-state index is 5.77. The molecule has 2 heterocycles. The zero-order valence-corrected chi connectivity index (χ0v) is 8.16. The van der Waals surface area contributed by atoms with Gasteiger partial charge in [-0.2, -0.15) is 0 Å². The lowest BCUT2D eigenvalue weighted by atomic mass is 10.2. The summed E-state index contributed by atoms with van der Waals surface area (Å²) in [6, 6.07) is 3.99. The summed E-state index contributed by atoms with van der Waals surface area (Å²) in [4.78, 5) is 8.57. The van der Waals surface area contributed by atoms with Crippen LogP contribution in [0.4, 0.5) is 0 Å². The van der Waals surface area contributed by atoms with Gasteiger partial charge in [0.15, 0.2) is 0 Å². The van der Waals surface area contributed by atoms with Gasteiger partial charge in [0.2, 0.25) is 5.88 Å². The second kappa shape index (κ2) is 2.56. The van der Waals surface area contributed by atoms with E-state index in [1.165, 1.54) is 5.56 Å². The zero-order valence-electron chi connectivity index (χ0n) is 8.16. The molecule has 3 heteroatoms. The predicted molar refractivity (Wildman–Crippen MR) is 53.8 cm³/mol. The van der Waals surface area contributed by atoms with Crippen molar-refractivity contribution in [1.29, 1.82) is 0 Å². The van der Waals surface area contributed by atoms with E-state index in [2.05, 4.69) is 23.0 Å². The van der Waals surface area contributed by atoms with E-state index in [-0.39, 0.29) is 5.60 Å². The first-order valence-corrected chi connectivity index (χ1v) is 4.94. The molecule has 3 rings (SSSR count). The molecule has 0 unspecified atom stereocenters. The quantitative estimate of drug-likeness (QED) is 0.710. The van der Waals surface area contributed by atoms with Crippen LogP contribution in [0.1, 0.15) is 31.0 Å². The van der Waals surface area contributed by atoms with Crippen LogP contribution in [0.15, 0.2) is 17.1 Å². The smallest absolute Gasteiger partial charge is 0.214 e. The number of pyridine rings is 1. The first kappa shape index (κ1) is 7.97. The van der Waals surface area contributed by atoms with Crippen LogP contribution in [-0.4, -0.2) is 16.8 Å². The molecule has 0 saturated heterocycles. The van der Waals surface area contributed by atoms with Gasteiger partial charge in [-0.1, -0.05) is 0 Å². The molecule has 72 valence electrons. The van der Waals surface area contributed by atoms with Gasteiger partial charge >= 0.3 is 0 Å². The van der Waals surface area contributed by atoms with Gasteiger partial charge in [0.25, 0.3) is 0 Å². The molecule has 1 aliphatic heterocycles. The van der Waals surface area contributed by atoms with Crippen molar-refractivity contribution in [2.45, 2.75) is 31.9 Å². The van der Waals surface area contributed by atoms with Crippen molar-refractivity contribution in [3.05, 3.63) is 23.4 Å². The van der Waals surface area contributed by atoms with E-state index in [1.54, 1.807) is 0 Å². The highest BCUT2D eigenvalue weighted by atomic mass is 16.5. The Kier molecular flexibility index (Phi) is 1.46. The Bertz CT molecular complexity index is 408. The summed E-state index contributed by atoms with van der Waals surface area (Å²) in [5, 5.41) is 0. The molecular formula is C11H12N2O. The van der Waals surface area contributed by atoms with Crippen LogP contribution in [0.5, 0.6) is 5.88 Å². The number of aromatic nitrogens is 1.